The van der Waals surface area contributed by atoms with Gasteiger partial charge in [-0.3, -0.25) is 0 Å². The third-order valence-electron chi connectivity index (χ3n) is 4.53. The lowest BCUT2D eigenvalue weighted by atomic mass is 9.89. The molecule has 8 heteroatoms. The minimum atomic E-state index is 0.0969. The van der Waals surface area contributed by atoms with Crippen molar-refractivity contribution >= 4 is 0 Å². The second kappa shape index (κ2) is 18.8. The van der Waals surface area contributed by atoms with Gasteiger partial charge in [-0.2, -0.15) is 0 Å². The molecular weight excluding hydrogens is 400 g/mol. The van der Waals surface area contributed by atoms with Crippen LogP contribution in [0.15, 0.2) is 11.3 Å². The first-order valence-electron chi connectivity index (χ1n) is 11.7. The fraction of sp³-hybridized carbons (Fsp3) is 0.913. The van der Waals surface area contributed by atoms with Crippen molar-refractivity contribution in [2.45, 2.75) is 52.0 Å². The minimum absolute atomic E-state index is 0.0969. The number of nitrogens with one attached hydrogen (secondary N) is 1. The molecule has 1 aliphatic carbocycles. The predicted molar refractivity (Wildman–Crippen MR) is 122 cm³/mol. The standard InChI is InChI=1S/C23H46N2O6/c1-23(2,3)25-22(21-5-4-6-21)7-9-26-11-13-28-15-17-30-19-20-31-18-16-29-14-12-27-10-8-24/h25H,4-20,24H2,1-3H3. The van der Waals surface area contributed by atoms with E-state index in [4.69, 9.17) is 34.2 Å². The fourth-order valence-electron chi connectivity index (χ4n) is 2.89. The van der Waals surface area contributed by atoms with E-state index in [1.807, 2.05) is 0 Å². The summed E-state index contributed by atoms with van der Waals surface area (Å²) in [5, 5.41) is 3.64. The highest BCUT2D eigenvalue weighted by Crippen LogP contribution is 2.29. The SMILES string of the molecule is CC(C)(C)NC(CCOCCOCCOCCOCCOCCOCCN)=C1CCC1. The number of ether oxygens (including phenoxy) is 6. The molecule has 3 N–H and O–H groups in total. The van der Waals surface area contributed by atoms with E-state index in [-0.39, 0.29) is 5.54 Å². The number of allylic oxidation sites excluding steroid dienone is 1. The molecule has 0 heterocycles. The zero-order valence-electron chi connectivity index (χ0n) is 20.0. The predicted octanol–water partition coefficient (Wildman–Crippen LogP) is 2.26. The normalized spacial score (nSPS) is 14.0. The van der Waals surface area contributed by atoms with Crippen LogP contribution in [0.2, 0.25) is 0 Å². The van der Waals surface area contributed by atoms with Crippen LogP contribution in [0.4, 0.5) is 0 Å². The van der Waals surface area contributed by atoms with Crippen molar-refractivity contribution in [1.29, 1.82) is 0 Å². The van der Waals surface area contributed by atoms with Crippen LogP contribution < -0.4 is 11.1 Å². The third-order valence-corrected chi connectivity index (χ3v) is 4.53. The van der Waals surface area contributed by atoms with Gasteiger partial charge in [0.2, 0.25) is 0 Å². The maximum atomic E-state index is 5.73. The molecule has 0 spiro atoms. The number of hydrogen-bond donors (Lipinski definition) is 2. The summed E-state index contributed by atoms with van der Waals surface area (Å²) in [7, 11) is 0. The molecule has 1 saturated carbocycles. The second-order valence-corrected chi connectivity index (χ2v) is 8.52. The molecule has 0 bridgehead atoms. The van der Waals surface area contributed by atoms with Crippen LogP contribution in [0.5, 0.6) is 0 Å². The average Bonchev–Trinajstić information content (AvgIpc) is 2.67. The van der Waals surface area contributed by atoms with Gasteiger partial charge in [0, 0.05) is 24.2 Å². The van der Waals surface area contributed by atoms with Crippen LogP contribution in [0, 0.1) is 0 Å². The maximum absolute atomic E-state index is 5.73. The van der Waals surface area contributed by atoms with Gasteiger partial charge in [0.1, 0.15) is 0 Å². The highest BCUT2D eigenvalue weighted by molar-refractivity contribution is 5.19. The van der Waals surface area contributed by atoms with Crippen molar-refractivity contribution in [1.82, 2.24) is 5.32 Å². The minimum Gasteiger partial charge on any atom is -0.384 e. The molecule has 8 nitrogen and oxygen atoms in total. The molecule has 0 aliphatic heterocycles. The molecular formula is C23H46N2O6. The van der Waals surface area contributed by atoms with Crippen molar-refractivity contribution in [3.05, 3.63) is 11.3 Å². The molecule has 0 saturated heterocycles. The highest BCUT2D eigenvalue weighted by Gasteiger charge is 2.18. The Morgan fingerprint density at radius 1 is 0.677 bits per heavy atom. The Morgan fingerprint density at radius 3 is 1.39 bits per heavy atom. The van der Waals surface area contributed by atoms with Crippen LogP contribution in [0.25, 0.3) is 0 Å². The summed E-state index contributed by atoms with van der Waals surface area (Å²) in [5.41, 5.74) is 8.36. The lowest BCUT2D eigenvalue weighted by Gasteiger charge is -2.30. The van der Waals surface area contributed by atoms with Gasteiger partial charge in [-0.25, -0.2) is 0 Å². The molecule has 184 valence electrons. The summed E-state index contributed by atoms with van der Waals surface area (Å²) in [6.45, 7) is 14.1. The molecule has 1 rings (SSSR count). The Morgan fingerprint density at radius 2 is 1.06 bits per heavy atom. The first-order valence-corrected chi connectivity index (χ1v) is 11.7. The van der Waals surface area contributed by atoms with Gasteiger partial charge in [-0.15, -0.1) is 0 Å². The summed E-state index contributed by atoms with van der Waals surface area (Å²) in [5.74, 6) is 0. The Balaban J connectivity index is 1.81. The molecule has 0 unspecified atom stereocenters. The average molecular weight is 447 g/mol. The topological polar surface area (TPSA) is 93.4 Å². The summed E-state index contributed by atoms with van der Waals surface area (Å²) in [6.07, 6.45) is 4.72. The van der Waals surface area contributed by atoms with Crippen molar-refractivity contribution in [2.24, 2.45) is 5.73 Å². The molecule has 0 radical (unpaired) electrons. The quantitative estimate of drug-likeness (QED) is 0.259. The highest BCUT2D eigenvalue weighted by atomic mass is 16.6. The lowest BCUT2D eigenvalue weighted by Crippen LogP contribution is -2.36. The third kappa shape index (κ3) is 17.5. The van der Waals surface area contributed by atoms with E-state index in [1.54, 1.807) is 5.57 Å². The summed E-state index contributed by atoms with van der Waals surface area (Å²) in [6, 6.07) is 0. The van der Waals surface area contributed by atoms with Crippen molar-refractivity contribution in [2.75, 3.05) is 85.8 Å². The van der Waals surface area contributed by atoms with Gasteiger partial charge in [-0.05, 0) is 40.0 Å². The zero-order chi connectivity index (χ0) is 22.6. The van der Waals surface area contributed by atoms with Crippen LogP contribution in [-0.4, -0.2) is 91.4 Å². The van der Waals surface area contributed by atoms with Gasteiger partial charge in [0.05, 0.1) is 79.3 Å². The molecule has 31 heavy (non-hydrogen) atoms. The number of rotatable bonds is 21. The Kier molecular flexibility index (Phi) is 17.2. The van der Waals surface area contributed by atoms with Crippen LogP contribution in [-0.2, 0) is 28.4 Å². The Hall–Kier alpha value is -0.740. The Labute approximate surface area is 189 Å². The lowest BCUT2D eigenvalue weighted by molar-refractivity contribution is -0.0163. The van der Waals surface area contributed by atoms with E-state index in [1.165, 1.54) is 25.0 Å². The van der Waals surface area contributed by atoms with Crippen LogP contribution >= 0.6 is 0 Å². The van der Waals surface area contributed by atoms with Crippen LogP contribution in [0.3, 0.4) is 0 Å². The monoisotopic (exact) mass is 446 g/mol. The van der Waals surface area contributed by atoms with Gasteiger partial charge >= 0.3 is 0 Å². The van der Waals surface area contributed by atoms with E-state index >= 15 is 0 Å². The first-order chi connectivity index (χ1) is 15.0. The zero-order valence-corrected chi connectivity index (χ0v) is 20.0. The molecule has 0 amide bonds. The summed E-state index contributed by atoms with van der Waals surface area (Å²) >= 11 is 0. The van der Waals surface area contributed by atoms with E-state index in [0.717, 1.165) is 13.0 Å². The van der Waals surface area contributed by atoms with Gasteiger partial charge in [0.25, 0.3) is 0 Å². The Bertz CT molecular complexity index is 448. The molecule has 0 atom stereocenters. The molecule has 0 aromatic heterocycles. The van der Waals surface area contributed by atoms with Crippen molar-refractivity contribution < 1.29 is 28.4 Å². The van der Waals surface area contributed by atoms with Gasteiger partial charge in [0.15, 0.2) is 0 Å². The molecule has 1 fully saturated rings. The van der Waals surface area contributed by atoms with Gasteiger partial charge in [-0.1, -0.05) is 5.57 Å². The largest absolute Gasteiger partial charge is 0.384 e. The van der Waals surface area contributed by atoms with Crippen LogP contribution in [0.1, 0.15) is 46.5 Å². The first kappa shape index (κ1) is 28.3. The molecule has 0 aromatic carbocycles. The van der Waals surface area contributed by atoms with Crippen molar-refractivity contribution in [3.63, 3.8) is 0 Å². The number of hydrogen-bond acceptors (Lipinski definition) is 8. The van der Waals surface area contributed by atoms with E-state index in [9.17, 15) is 0 Å². The smallest absolute Gasteiger partial charge is 0.0701 e. The second-order valence-electron chi connectivity index (χ2n) is 8.52. The number of nitrogens with two attached hydrogens (primary N) is 1. The van der Waals surface area contributed by atoms with Crippen molar-refractivity contribution in [3.8, 4) is 0 Å². The molecule has 0 aromatic rings. The van der Waals surface area contributed by atoms with E-state index < -0.39 is 0 Å². The maximum Gasteiger partial charge on any atom is 0.0701 e. The molecule has 1 aliphatic rings. The van der Waals surface area contributed by atoms with Gasteiger partial charge < -0.3 is 39.5 Å². The van der Waals surface area contributed by atoms with E-state index in [0.29, 0.717) is 79.2 Å². The summed E-state index contributed by atoms with van der Waals surface area (Å²) < 4.78 is 32.8. The van der Waals surface area contributed by atoms with E-state index in [2.05, 4.69) is 26.1 Å². The fourth-order valence-corrected chi connectivity index (χ4v) is 2.89. The summed E-state index contributed by atoms with van der Waals surface area (Å²) in [4.78, 5) is 0.